The van der Waals surface area contributed by atoms with Crippen LogP contribution in [0.4, 0.5) is 34.1 Å². The second-order valence-electron chi connectivity index (χ2n) is 17.1. The van der Waals surface area contributed by atoms with Crippen LogP contribution >= 0.6 is 11.6 Å². The van der Waals surface area contributed by atoms with Crippen LogP contribution in [0, 0.1) is 11.8 Å². The lowest BCUT2D eigenvalue weighted by molar-refractivity contribution is -0.161. The number of para-hydroxylation sites is 1. The number of carbonyl (C=O) groups is 6. The summed E-state index contributed by atoms with van der Waals surface area (Å²) in [6.07, 6.45) is -1.42. The lowest BCUT2D eigenvalue weighted by Gasteiger charge is -2.41. The minimum atomic E-state index is -4.82. The molecule has 7 rings (SSSR count). The summed E-state index contributed by atoms with van der Waals surface area (Å²) >= 11 is 6.15. The van der Waals surface area contributed by atoms with Gasteiger partial charge in [0.15, 0.2) is 6.10 Å². The van der Waals surface area contributed by atoms with Gasteiger partial charge >= 0.3 is 30.2 Å². The van der Waals surface area contributed by atoms with Gasteiger partial charge in [-0.3, -0.25) is 14.4 Å². The predicted molar refractivity (Wildman–Crippen MR) is 225 cm³/mol. The van der Waals surface area contributed by atoms with Crippen LogP contribution in [0.1, 0.15) is 74.5 Å². The molecule has 3 N–H and O–H groups in total. The van der Waals surface area contributed by atoms with Crippen molar-refractivity contribution in [3.63, 3.8) is 0 Å². The number of nitrogens with two attached hydrogens (primary N) is 1. The monoisotopic (exact) mass is 901 g/mol. The number of benzene rings is 2. The SMILES string of the molecule is Nc1c(Cl)cc(C[C@@H](OC(=O)N2CCC(N3CCc4ccccc4NC3=O)CC2)C(=O)N2CCC(C3CCN(C(=O)C(=O)OCCCN4CCCC4=O)CC3)CC2)cc1C(F)(F)F. The van der Waals surface area contributed by atoms with E-state index in [1.807, 2.05) is 24.3 Å². The molecule has 0 spiro atoms. The molecule has 0 bridgehead atoms. The Bertz CT molecular complexity index is 2030. The van der Waals surface area contributed by atoms with Gasteiger partial charge in [0.2, 0.25) is 5.91 Å². The second kappa shape index (κ2) is 20.1. The number of nitrogens with one attached hydrogen (secondary N) is 1. The zero-order valence-corrected chi connectivity index (χ0v) is 36.0. The Morgan fingerprint density at radius 1 is 0.841 bits per heavy atom. The van der Waals surface area contributed by atoms with Gasteiger partial charge in [0, 0.05) is 83.5 Å². The van der Waals surface area contributed by atoms with E-state index < -0.39 is 47.4 Å². The Morgan fingerprint density at radius 3 is 2.14 bits per heavy atom. The van der Waals surface area contributed by atoms with E-state index in [0.29, 0.717) is 104 Å². The lowest BCUT2D eigenvalue weighted by Crippen LogP contribution is -2.52. The molecular weight excluding hydrogens is 847 g/mol. The van der Waals surface area contributed by atoms with E-state index in [1.54, 1.807) is 14.7 Å². The fourth-order valence-corrected chi connectivity index (χ4v) is 9.88. The molecule has 15 nitrogen and oxygen atoms in total. The molecule has 63 heavy (non-hydrogen) atoms. The second-order valence-corrected chi connectivity index (χ2v) is 17.5. The molecule has 0 aliphatic carbocycles. The number of likely N-dealkylation sites (tertiary alicyclic amines) is 4. The summed E-state index contributed by atoms with van der Waals surface area (Å²) in [7, 11) is 0. The average Bonchev–Trinajstić information content (AvgIpc) is 3.61. The third kappa shape index (κ3) is 11.1. The molecular formula is C44H55ClF3N7O8. The van der Waals surface area contributed by atoms with Crippen molar-refractivity contribution in [3.05, 3.63) is 58.1 Å². The maximum absolute atomic E-state index is 14.2. The van der Waals surface area contributed by atoms with Crippen molar-refractivity contribution in [2.45, 2.75) is 89.0 Å². The molecule has 5 aliphatic heterocycles. The van der Waals surface area contributed by atoms with Crippen molar-refractivity contribution in [1.29, 1.82) is 0 Å². The summed E-state index contributed by atoms with van der Waals surface area (Å²) in [5, 5.41) is 2.64. The van der Waals surface area contributed by atoms with Gasteiger partial charge in [0.1, 0.15) is 0 Å². The Hall–Kier alpha value is -5.26. The van der Waals surface area contributed by atoms with Crippen molar-refractivity contribution in [1.82, 2.24) is 24.5 Å². The van der Waals surface area contributed by atoms with Gasteiger partial charge in [-0.2, -0.15) is 13.2 Å². The first-order valence-electron chi connectivity index (χ1n) is 21.9. The highest BCUT2D eigenvalue weighted by molar-refractivity contribution is 6.33. The zero-order chi connectivity index (χ0) is 44.8. The lowest BCUT2D eigenvalue weighted by atomic mass is 9.78. The number of ether oxygens (including phenoxy) is 2. The summed E-state index contributed by atoms with van der Waals surface area (Å²) in [5.41, 5.74) is 5.72. The smallest absolute Gasteiger partial charge is 0.418 e. The van der Waals surface area contributed by atoms with E-state index in [0.717, 1.165) is 23.7 Å². The highest BCUT2D eigenvalue weighted by Crippen LogP contribution is 2.39. The average molecular weight is 902 g/mol. The molecule has 0 saturated carbocycles. The number of esters is 1. The van der Waals surface area contributed by atoms with E-state index in [4.69, 9.17) is 26.8 Å². The molecule has 2 aromatic carbocycles. The number of rotatable bonds is 10. The number of piperidine rings is 3. The van der Waals surface area contributed by atoms with E-state index >= 15 is 0 Å². The number of amides is 6. The van der Waals surface area contributed by atoms with Gasteiger partial charge in [-0.05, 0) is 98.9 Å². The van der Waals surface area contributed by atoms with Gasteiger partial charge < -0.3 is 45.0 Å². The molecule has 0 radical (unpaired) electrons. The molecule has 342 valence electrons. The number of nitrogens with zero attached hydrogens (tertiary/aromatic N) is 5. The van der Waals surface area contributed by atoms with E-state index in [1.165, 1.54) is 15.9 Å². The molecule has 4 fully saturated rings. The van der Waals surface area contributed by atoms with E-state index in [9.17, 15) is 41.9 Å². The van der Waals surface area contributed by atoms with Crippen molar-refractivity contribution in [2.24, 2.45) is 11.8 Å². The third-order valence-corrected chi connectivity index (χ3v) is 13.5. The van der Waals surface area contributed by atoms with Crippen LogP contribution in [0.5, 0.6) is 0 Å². The first kappa shape index (κ1) is 45.8. The number of anilines is 2. The van der Waals surface area contributed by atoms with Gasteiger partial charge in [-0.15, -0.1) is 0 Å². The number of urea groups is 1. The molecule has 19 heteroatoms. The molecule has 1 atom stereocenters. The first-order valence-corrected chi connectivity index (χ1v) is 22.3. The first-order chi connectivity index (χ1) is 30.2. The number of carbonyl (C=O) groups excluding carboxylic acids is 6. The van der Waals surface area contributed by atoms with Crippen LogP contribution in [-0.4, -0.2) is 138 Å². The molecule has 0 aromatic heterocycles. The van der Waals surface area contributed by atoms with Gasteiger partial charge in [0.25, 0.3) is 5.91 Å². The van der Waals surface area contributed by atoms with Gasteiger partial charge in [0.05, 0.1) is 22.9 Å². The van der Waals surface area contributed by atoms with Crippen molar-refractivity contribution < 1.29 is 51.4 Å². The Balaban J connectivity index is 0.925. The summed E-state index contributed by atoms with van der Waals surface area (Å²) < 4.78 is 52.9. The molecule has 0 unspecified atom stereocenters. The topological polar surface area (TPSA) is 175 Å². The standard InChI is InChI=1S/C44H55ClF3N7O8/c45-34-26-28(25-33(38(34)49)44(46,47)48)27-36(63-43(61)54-21-13-32(14-22-54)55-23-12-31-5-1-2-6-35(31)50-42(55)60)39(57)52-17-8-29(9-18-52)30-10-19-53(20-11-30)40(58)41(59)62-24-4-16-51-15-3-7-37(51)56/h1-2,5-6,25-26,29-30,32,36H,3-4,7-24,27,49H2,(H,50,60)/t36-/m1/s1. The predicted octanol–water partition coefficient (Wildman–Crippen LogP) is 5.58. The van der Waals surface area contributed by atoms with Gasteiger partial charge in [-0.25, -0.2) is 14.4 Å². The van der Waals surface area contributed by atoms with Crippen LogP contribution < -0.4 is 11.1 Å². The highest BCUT2D eigenvalue weighted by Gasteiger charge is 2.39. The summed E-state index contributed by atoms with van der Waals surface area (Å²) in [4.78, 5) is 86.3. The Labute approximate surface area is 369 Å². The van der Waals surface area contributed by atoms with Crippen molar-refractivity contribution >= 4 is 58.8 Å². The van der Waals surface area contributed by atoms with Crippen LogP contribution in [0.3, 0.4) is 0 Å². The maximum Gasteiger partial charge on any atom is 0.418 e. The Morgan fingerprint density at radius 2 is 1.49 bits per heavy atom. The molecule has 5 aliphatic rings. The number of alkyl halides is 3. The summed E-state index contributed by atoms with van der Waals surface area (Å²) in [5.74, 6) is -1.57. The largest absolute Gasteiger partial charge is 0.458 e. The van der Waals surface area contributed by atoms with Crippen LogP contribution in [0.15, 0.2) is 36.4 Å². The number of nitrogen functional groups attached to an aromatic ring is 1. The van der Waals surface area contributed by atoms with Crippen molar-refractivity contribution in [3.8, 4) is 0 Å². The number of fused-ring (bicyclic) bond motifs is 1. The van der Waals surface area contributed by atoms with Crippen LogP contribution in [-0.2, 0) is 47.7 Å². The quantitative estimate of drug-likeness (QED) is 0.134. The molecule has 6 amide bonds. The van der Waals surface area contributed by atoms with Crippen molar-refractivity contribution in [2.75, 3.05) is 76.6 Å². The van der Waals surface area contributed by atoms with Gasteiger partial charge in [-0.1, -0.05) is 29.8 Å². The summed E-state index contributed by atoms with van der Waals surface area (Å²) in [6, 6.07) is 9.34. The van der Waals surface area contributed by atoms with Crippen LogP contribution in [0.25, 0.3) is 0 Å². The van der Waals surface area contributed by atoms with Crippen LogP contribution in [0.2, 0.25) is 5.02 Å². The third-order valence-electron chi connectivity index (χ3n) is 13.2. The zero-order valence-electron chi connectivity index (χ0n) is 35.2. The Kier molecular flexibility index (Phi) is 14.6. The number of halogens is 4. The fraction of sp³-hybridized carbons (Fsp3) is 0.591. The minimum Gasteiger partial charge on any atom is -0.458 e. The summed E-state index contributed by atoms with van der Waals surface area (Å²) in [6.45, 7) is 3.66. The fourth-order valence-electron chi connectivity index (χ4n) is 9.63. The van der Waals surface area contributed by atoms with E-state index in [2.05, 4.69) is 5.32 Å². The molecule has 5 heterocycles. The molecule has 4 saturated heterocycles. The van der Waals surface area contributed by atoms with E-state index in [-0.39, 0.29) is 66.5 Å². The normalized spacial score (nSPS) is 20.0. The number of hydrogen-bond donors (Lipinski definition) is 2. The maximum atomic E-state index is 14.2. The minimum absolute atomic E-state index is 0.0261. The molecule has 2 aromatic rings. The number of hydrogen-bond acceptors (Lipinski definition) is 9. The highest BCUT2D eigenvalue weighted by atomic mass is 35.5.